The zero-order valence-electron chi connectivity index (χ0n) is 15.7. The van der Waals surface area contributed by atoms with Crippen LogP contribution in [-0.2, 0) is 33.2 Å². The predicted molar refractivity (Wildman–Crippen MR) is 84.7 cm³/mol. The molecule has 9 heteroatoms. The molecular weight excluding hydrogens is 334 g/mol. The van der Waals surface area contributed by atoms with Crippen LogP contribution in [0.25, 0.3) is 0 Å². The second-order valence-electron chi connectivity index (χ2n) is 7.48. The van der Waals surface area contributed by atoms with Crippen molar-refractivity contribution in [1.82, 2.24) is 5.32 Å². The summed E-state index contributed by atoms with van der Waals surface area (Å²) in [5.41, 5.74) is -2.28. The first-order valence-corrected chi connectivity index (χ1v) is 8.05. The Morgan fingerprint density at radius 1 is 1.12 bits per heavy atom. The van der Waals surface area contributed by atoms with Crippen molar-refractivity contribution < 1.29 is 38.0 Å². The number of hydrogen-bond acceptors (Lipinski definition) is 8. The number of carbonyl (C=O) groups is 2. The van der Waals surface area contributed by atoms with Gasteiger partial charge in [-0.1, -0.05) is 0 Å². The van der Waals surface area contributed by atoms with Crippen molar-refractivity contribution in [1.29, 1.82) is 0 Å². The van der Waals surface area contributed by atoms with Gasteiger partial charge in [-0.05, 0) is 34.6 Å². The molecule has 0 bridgehead atoms. The highest BCUT2D eigenvalue weighted by Gasteiger charge is 2.66. The minimum atomic E-state index is -1.60. The Balaban J connectivity index is 2.19. The quantitative estimate of drug-likeness (QED) is 0.739. The Kier molecular flexibility index (Phi) is 5.34. The molecule has 4 atom stereocenters. The molecule has 144 valence electrons. The molecule has 2 fully saturated rings. The summed E-state index contributed by atoms with van der Waals surface area (Å²) >= 11 is 0. The normalized spacial score (nSPS) is 33.6. The predicted octanol–water partition coefficient (Wildman–Crippen LogP) is 0.946. The lowest BCUT2D eigenvalue weighted by molar-refractivity contribution is -0.244. The highest BCUT2D eigenvalue weighted by Crippen LogP contribution is 2.43. The van der Waals surface area contributed by atoms with E-state index in [-0.39, 0.29) is 6.54 Å². The number of nitrogens with one attached hydrogen (secondary N) is 1. The molecule has 9 nitrogen and oxygen atoms in total. The van der Waals surface area contributed by atoms with Gasteiger partial charge in [0.1, 0.15) is 17.8 Å². The monoisotopic (exact) mass is 361 g/mol. The van der Waals surface area contributed by atoms with Crippen molar-refractivity contribution in [3.05, 3.63) is 0 Å². The lowest BCUT2D eigenvalue weighted by atomic mass is 9.95. The number of alkyl carbamates (subject to hydrolysis) is 1. The van der Waals surface area contributed by atoms with Gasteiger partial charge in [-0.2, -0.15) is 0 Å². The van der Waals surface area contributed by atoms with E-state index in [9.17, 15) is 9.59 Å². The van der Waals surface area contributed by atoms with Gasteiger partial charge in [0.2, 0.25) is 5.60 Å². The Morgan fingerprint density at radius 3 is 2.28 bits per heavy atom. The van der Waals surface area contributed by atoms with Crippen molar-refractivity contribution in [2.24, 2.45) is 0 Å². The number of amides is 1. The minimum absolute atomic E-state index is 0.215. The van der Waals surface area contributed by atoms with Gasteiger partial charge >= 0.3 is 12.1 Å². The molecule has 2 rings (SSSR count). The lowest BCUT2D eigenvalue weighted by Crippen LogP contribution is -2.59. The van der Waals surface area contributed by atoms with Crippen LogP contribution in [0, 0.1) is 0 Å². The third kappa shape index (κ3) is 4.05. The van der Waals surface area contributed by atoms with Crippen LogP contribution in [0.2, 0.25) is 0 Å². The van der Waals surface area contributed by atoms with E-state index in [2.05, 4.69) is 5.32 Å². The molecule has 2 saturated heterocycles. The van der Waals surface area contributed by atoms with Crippen molar-refractivity contribution >= 4 is 12.1 Å². The summed E-state index contributed by atoms with van der Waals surface area (Å²) in [5, 5.41) is 2.53. The topological polar surface area (TPSA) is 102 Å². The van der Waals surface area contributed by atoms with E-state index in [4.69, 9.17) is 28.4 Å². The van der Waals surface area contributed by atoms with E-state index in [0.29, 0.717) is 0 Å². The molecule has 0 aromatic carbocycles. The Labute approximate surface area is 147 Å². The molecule has 2 aliphatic heterocycles. The molecule has 0 radical (unpaired) electrons. The number of esters is 1. The Morgan fingerprint density at radius 2 is 1.76 bits per heavy atom. The molecule has 0 aromatic heterocycles. The lowest BCUT2D eigenvalue weighted by Gasteiger charge is -2.33. The molecular formula is C16H27NO8. The molecule has 25 heavy (non-hydrogen) atoms. The van der Waals surface area contributed by atoms with Crippen molar-refractivity contribution in [3.8, 4) is 0 Å². The van der Waals surface area contributed by atoms with Crippen LogP contribution < -0.4 is 5.32 Å². The number of ether oxygens (including phenoxy) is 6. The zero-order chi connectivity index (χ0) is 19.0. The number of methoxy groups -OCH3 is 2. The first kappa shape index (κ1) is 19.9. The van der Waals surface area contributed by atoms with Crippen LogP contribution in [0.4, 0.5) is 4.79 Å². The molecule has 0 aliphatic carbocycles. The second kappa shape index (κ2) is 6.71. The number of carbonyl (C=O) groups excluding carboxylic acids is 2. The number of fused-ring (bicyclic) bond motifs is 1. The van der Waals surface area contributed by atoms with E-state index in [0.717, 1.165) is 0 Å². The van der Waals surface area contributed by atoms with Crippen LogP contribution in [0.5, 0.6) is 0 Å². The van der Waals surface area contributed by atoms with E-state index < -0.39 is 47.5 Å². The van der Waals surface area contributed by atoms with Crippen molar-refractivity contribution in [2.75, 3.05) is 20.8 Å². The fraction of sp³-hybridized carbons (Fsp3) is 0.875. The third-order valence-corrected chi connectivity index (χ3v) is 3.85. The minimum Gasteiger partial charge on any atom is -0.467 e. The highest BCUT2D eigenvalue weighted by atomic mass is 16.8. The smallest absolute Gasteiger partial charge is 0.407 e. The first-order valence-electron chi connectivity index (χ1n) is 8.05. The fourth-order valence-corrected chi connectivity index (χ4v) is 2.99. The summed E-state index contributed by atoms with van der Waals surface area (Å²) in [6, 6.07) is 0. The van der Waals surface area contributed by atoms with Crippen molar-refractivity contribution in [2.45, 2.75) is 70.1 Å². The van der Waals surface area contributed by atoms with E-state index >= 15 is 0 Å². The van der Waals surface area contributed by atoms with E-state index in [1.807, 2.05) is 0 Å². The van der Waals surface area contributed by atoms with E-state index in [1.54, 1.807) is 34.6 Å². The molecule has 2 aliphatic rings. The summed E-state index contributed by atoms with van der Waals surface area (Å²) < 4.78 is 32.8. The average molecular weight is 361 g/mol. The maximum Gasteiger partial charge on any atom is 0.407 e. The standard InChI is InChI=1S/C16H27NO8/c1-14(2,3)25-13(19)17-8-16(12(18)21-7)10(20-6)9-11(24-16)23-15(4,5)22-9/h9-11H,8H2,1-7H3,(H,17,19)/t9-,10-,11+,16+/m1/s1. The summed E-state index contributed by atoms with van der Waals surface area (Å²) in [5.74, 6) is -1.57. The summed E-state index contributed by atoms with van der Waals surface area (Å²) in [4.78, 5) is 24.4. The van der Waals surface area contributed by atoms with Crippen LogP contribution in [-0.4, -0.2) is 68.3 Å². The van der Waals surface area contributed by atoms with Gasteiger partial charge in [0, 0.05) is 7.11 Å². The van der Waals surface area contributed by atoms with Crippen LogP contribution in [0.3, 0.4) is 0 Å². The van der Waals surface area contributed by atoms with Crippen LogP contribution in [0.15, 0.2) is 0 Å². The van der Waals surface area contributed by atoms with Gasteiger partial charge in [-0.15, -0.1) is 0 Å². The van der Waals surface area contributed by atoms with E-state index in [1.165, 1.54) is 14.2 Å². The fourth-order valence-electron chi connectivity index (χ4n) is 2.99. The SMILES string of the molecule is COC(=O)[C@@]1(CNC(=O)OC(C)(C)C)O[C@@H]2OC(C)(C)O[C@@H]2[C@H]1OC. The Bertz CT molecular complexity index is 529. The van der Waals surface area contributed by atoms with Gasteiger partial charge in [0.05, 0.1) is 13.7 Å². The summed E-state index contributed by atoms with van der Waals surface area (Å²) in [7, 11) is 2.66. The summed E-state index contributed by atoms with van der Waals surface area (Å²) in [6.45, 7) is 8.47. The average Bonchev–Trinajstić information content (AvgIpc) is 2.91. The highest BCUT2D eigenvalue weighted by molar-refractivity contribution is 5.82. The third-order valence-electron chi connectivity index (χ3n) is 3.85. The molecule has 2 heterocycles. The molecule has 0 unspecified atom stereocenters. The molecule has 0 spiro atoms. The summed E-state index contributed by atoms with van der Waals surface area (Å²) in [6.07, 6.45) is -2.98. The van der Waals surface area contributed by atoms with Gasteiger partial charge in [0.25, 0.3) is 0 Å². The zero-order valence-corrected chi connectivity index (χ0v) is 15.7. The van der Waals surface area contributed by atoms with Gasteiger partial charge < -0.3 is 33.7 Å². The number of rotatable bonds is 4. The maximum atomic E-state index is 12.5. The molecule has 1 amide bonds. The largest absolute Gasteiger partial charge is 0.467 e. The van der Waals surface area contributed by atoms with Crippen LogP contribution >= 0.6 is 0 Å². The first-order chi connectivity index (χ1) is 11.4. The molecule has 1 N–H and O–H groups in total. The van der Waals surface area contributed by atoms with Gasteiger partial charge in [-0.25, -0.2) is 9.59 Å². The maximum absolute atomic E-state index is 12.5. The Hall–Kier alpha value is -1.42. The second-order valence-corrected chi connectivity index (χ2v) is 7.48. The van der Waals surface area contributed by atoms with Gasteiger partial charge in [0.15, 0.2) is 12.1 Å². The molecule has 0 aromatic rings. The molecule has 0 saturated carbocycles. The number of hydrogen-bond donors (Lipinski definition) is 1. The van der Waals surface area contributed by atoms with Gasteiger partial charge in [-0.3, -0.25) is 0 Å². The van der Waals surface area contributed by atoms with Crippen LogP contribution in [0.1, 0.15) is 34.6 Å². The van der Waals surface area contributed by atoms with Crippen molar-refractivity contribution in [3.63, 3.8) is 0 Å².